The minimum absolute atomic E-state index is 0.0232. The third-order valence-corrected chi connectivity index (χ3v) is 7.24. The number of carbonyl (C=O) groups excluding carboxylic acids is 1. The van der Waals surface area contributed by atoms with E-state index in [-0.39, 0.29) is 36.2 Å². The van der Waals surface area contributed by atoms with Crippen molar-refractivity contribution in [2.24, 2.45) is 11.8 Å². The average molecular weight is 433 g/mol. The molecule has 0 radical (unpaired) electrons. The van der Waals surface area contributed by atoms with Gasteiger partial charge in [0.2, 0.25) is 5.91 Å². The number of carboxylic acids is 1. The Morgan fingerprint density at radius 3 is 2.56 bits per heavy atom. The summed E-state index contributed by atoms with van der Waals surface area (Å²) in [4.78, 5) is 27.4. The summed E-state index contributed by atoms with van der Waals surface area (Å²) >= 11 is 0. The number of carboxylic acid groups (broad SMARTS) is 1. The molecule has 1 aliphatic heterocycles. The van der Waals surface area contributed by atoms with Crippen molar-refractivity contribution in [1.82, 2.24) is 19.9 Å². The molecule has 1 aliphatic carbocycles. The normalized spacial score (nSPS) is 24.1. The van der Waals surface area contributed by atoms with E-state index >= 15 is 0 Å². The Morgan fingerprint density at radius 1 is 1.00 bits per heavy atom. The molecule has 0 bridgehead atoms. The van der Waals surface area contributed by atoms with E-state index < -0.39 is 5.97 Å². The fourth-order valence-corrected chi connectivity index (χ4v) is 5.69. The topological polar surface area (TPSA) is 88.3 Å². The van der Waals surface area contributed by atoms with Crippen molar-refractivity contribution in [2.75, 3.05) is 6.54 Å². The van der Waals surface area contributed by atoms with Gasteiger partial charge in [0.15, 0.2) is 0 Å². The summed E-state index contributed by atoms with van der Waals surface area (Å²) < 4.78 is 1.85. The Hall–Kier alpha value is -3.22. The van der Waals surface area contributed by atoms with Gasteiger partial charge in [-0.05, 0) is 42.9 Å². The van der Waals surface area contributed by atoms with E-state index in [2.05, 4.69) is 10.3 Å². The summed E-state index contributed by atoms with van der Waals surface area (Å²) in [6, 6.07) is 17.5. The molecule has 1 N–H and O–H groups in total. The fourth-order valence-electron chi connectivity index (χ4n) is 5.69. The van der Waals surface area contributed by atoms with Crippen LogP contribution in [0.25, 0.3) is 11.0 Å². The lowest BCUT2D eigenvalue weighted by molar-refractivity contribution is -0.154. The van der Waals surface area contributed by atoms with Crippen LogP contribution in [-0.2, 0) is 9.59 Å². The highest BCUT2D eigenvalue weighted by Gasteiger charge is 2.44. The molecule has 5 rings (SSSR count). The molecule has 3 unspecified atom stereocenters. The van der Waals surface area contributed by atoms with Crippen LogP contribution in [0.4, 0.5) is 0 Å². The van der Waals surface area contributed by atoms with E-state index in [1.165, 1.54) is 0 Å². The number of fused-ring (bicyclic) bond motifs is 2. The minimum Gasteiger partial charge on any atom is -0.481 e. The van der Waals surface area contributed by atoms with Gasteiger partial charge < -0.3 is 10.0 Å². The van der Waals surface area contributed by atoms with Gasteiger partial charge in [-0.1, -0.05) is 60.5 Å². The maximum atomic E-state index is 13.7. The van der Waals surface area contributed by atoms with Gasteiger partial charge in [-0.25, -0.2) is 4.68 Å². The van der Waals surface area contributed by atoms with E-state index in [9.17, 15) is 14.7 Å². The summed E-state index contributed by atoms with van der Waals surface area (Å²) in [6.07, 6.45) is 4.68. The summed E-state index contributed by atoms with van der Waals surface area (Å²) in [5.74, 6) is -0.931. The molecule has 1 aromatic heterocycles. The second kappa shape index (κ2) is 8.73. The van der Waals surface area contributed by atoms with E-state index in [0.29, 0.717) is 13.0 Å². The largest absolute Gasteiger partial charge is 0.481 e. The van der Waals surface area contributed by atoms with Gasteiger partial charge in [0, 0.05) is 12.6 Å². The molecule has 166 valence electrons. The highest BCUT2D eigenvalue weighted by molar-refractivity contribution is 5.79. The number of aromatic nitrogens is 3. The minimum atomic E-state index is -0.717. The Kier molecular flexibility index (Phi) is 5.64. The molecule has 2 fully saturated rings. The zero-order valence-corrected chi connectivity index (χ0v) is 18.0. The van der Waals surface area contributed by atoms with Gasteiger partial charge in [0.25, 0.3) is 0 Å². The van der Waals surface area contributed by atoms with Crippen LogP contribution in [-0.4, -0.2) is 49.5 Å². The SMILES string of the molecule is O=C(O)C1CCN(C(=O)C[C@H](c2ccccc2)n2nnc3ccccc32)C2CCCCC12. The predicted molar refractivity (Wildman–Crippen MR) is 120 cm³/mol. The van der Waals surface area contributed by atoms with Crippen molar-refractivity contribution >= 4 is 22.9 Å². The van der Waals surface area contributed by atoms with Crippen LogP contribution in [0.2, 0.25) is 0 Å². The van der Waals surface area contributed by atoms with Gasteiger partial charge >= 0.3 is 5.97 Å². The summed E-state index contributed by atoms with van der Waals surface area (Å²) in [5.41, 5.74) is 2.71. The molecule has 4 atom stereocenters. The maximum Gasteiger partial charge on any atom is 0.306 e. The number of hydrogen-bond acceptors (Lipinski definition) is 4. The highest BCUT2D eigenvalue weighted by Crippen LogP contribution is 2.40. The Labute approximate surface area is 187 Å². The van der Waals surface area contributed by atoms with Crippen molar-refractivity contribution in [2.45, 2.75) is 50.6 Å². The summed E-state index contributed by atoms with van der Waals surface area (Å²) in [7, 11) is 0. The van der Waals surface area contributed by atoms with Gasteiger partial charge in [-0.3, -0.25) is 9.59 Å². The predicted octanol–water partition coefficient (Wildman–Crippen LogP) is 3.90. The first-order chi connectivity index (χ1) is 15.6. The van der Waals surface area contributed by atoms with E-state index in [4.69, 9.17) is 0 Å². The van der Waals surface area contributed by atoms with Crippen molar-refractivity contribution in [3.8, 4) is 0 Å². The Morgan fingerprint density at radius 2 is 1.75 bits per heavy atom. The molecule has 7 heteroatoms. The molecule has 2 aromatic carbocycles. The van der Waals surface area contributed by atoms with Crippen LogP contribution in [0, 0.1) is 11.8 Å². The number of benzene rings is 2. The van der Waals surface area contributed by atoms with E-state index in [1.54, 1.807) is 0 Å². The molecule has 32 heavy (non-hydrogen) atoms. The van der Waals surface area contributed by atoms with Crippen molar-refractivity contribution < 1.29 is 14.7 Å². The fraction of sp³-hybridized carbons (Fsp3) is 0.440. The Bertz CT molecular complexity index is 1110. The second-order valence-electron chi connectivity index (χ2n) is 8.99. The number of nitrogens with zero attached hydrogens (tertiary/aromatic N) is 4. The van der Waals surface area contributed by atoms with Crippen LogP contribution in [0.3, 0.4) is 0 Å². The number of hydrogen-bond donors (Lipinski definition) is 1. The second-order valence-corrected chi connectivity index (χ2v) is 8.99. The van der Waals surface area contributed by atoms with Crippen LogP contribution in [0.15, 0.2) is 54.6 Å². The third kappa shape index (κ3) is 3.76. The lowest BCUT2D eigenvalue weighted by Crippen LogP contribution is -2.54. The van der Waals surface area contributed by atoms with Crippen LogP contribution < -0.4 is 0 Å². The number of piperidine rings is 1. The zero-order valence-electron chi connectivity index (χ0n) is 18.0. The molecule has 1 saturated heterocycles. The van der Waals surface area contributed by atoms with Crippen LogP contribution in [0.1, 0.15) is 50.1 Å². The average Bonchev–Trinajstić information content (AvgIpc) is 3.26. The molecule has 7 nitrogen and oxygen atoms in total. The number of aliphatic carboxylic acids is 1. The van der Waals surface area contributed by atoms with E-state index in [0.717, 1.165) is 42.3 Å². The first-order valence-corrected chi connectivity index (χ1v) is 11.5. The molecule has 2 aliphatic rings. The smallest absolute Gasteiger partial charge is 0.306 e. The third-order valence-electron chi connectivity index (χ3n) is 7.24. The lowest BCUT2D eigenvalue weighted by Gasteiger charge is -2.47. The first-order valence-electron chi connectivity index (χ1n) is 11.5. The quantitative estimate of drug-likeness (QED) is 0.661. The van der Waals surface area contributed by atoms with Gasteiger partial charge in [0.05, 0.1) is 23.9 Å². The first kappa shape index (κ1) is 20.7. The van der Waals surface area contributed by atoms with Gasteiger partial charge in [0.1, 0.15) is 5.52 Å². The number of carbonyl (C=O) groups is 2. The highest BCUT2D eigenvalue weighted by atomic mass is 16.4. The molecular weight excluding hydrogens is 404 g/mol. The van der Waals surface area contributed by atoms with Crippen molar-refractivity contribution in [3.63, 3.8) is 0 Å². The molecule has 3 aromatic rings. The van der Waals surface area contributed by atoms with Crippen LogP contribution >= 0.6 is 0 Å². The monoisotopic (exact) mass is 432 g/mol. The van der Waals surface area contributed by atoms with Gasteiger partial charge in [-0.2, -0.15) is 0 Å². The van der Waals surface area contributed by atoms with E-state index in [1.807, 2.05) is 64.2 Å². The summed E-state index contributed by atoms with van der Waals surface area (Å²) in [5, 5.41) is 18.4. The molecule has 2 heterocycles. The Balaban J connectivity index is 1.45. The number of amides is 1. The van der Waals surface area contributed by atoms with Gasteiger partial charge in [-0.15, -0.1) is 5.10 Å². The number of rotatable bonds is 5. The molecule has 1 saturated carbocycles. The maximum absolute atomic E-state index is 13.7. The van der Waals surface area contributed by atoms with Crippen LogP contribution in [0.5, 0.6) is 0 Å². The number of likely N-dealkylation sites (tertiary alicyclic amines) is 1. The molecular formula is C25H28N4O3. The molecule has 1 amide bonds. The molecule has 0 spiro atoms. The lowest BCUT2D eigenvalue weighted by atomic mass is 9.71. The van der Waals surface area contributed by atoms with Crippen molar-refractivity contribution in [1.29, 1.82) is 0 Å². The zero-order chi connectivity index (χ0) is 22.1. The summed E-state index contributed by atoms with van der Waals surface area (Å²) in [6.45, 7) is 0.510. The standard InChI is InChI=1S/C25H28N4O3/c30-24(28-15-14-19(25(31)32)18-10-4-6-12-21(18)28)16-23(17-8-2-1-3-9-17)29-22-13-7-5-11-20(22)26-27-29/h1-3,5,7-9,11,13,18-19,21,23H,4,6,10,12,14-16H2,(H,31,32)/t18?,19?,21?,23-/m1/s1. The van der Waals surface area contributed by atoms with Crippen molar-refractivity contribution in [3.05, 3.63) is 60.2 Å². The number of para-hydroxylation sites is 1.